The first-order valence-corrected chi connectivity index (χ1v) is 8.31. The van der Waals surface area contributed by atoms with Crippen LogP contribution in [0, 0.1) is 30.2 Å². The highest BCUT2D eigenvalue weighted by molar-refractivity contribution is 6.37. The van der Waals surface area contributed by atoms with Crippen LogP contribution in [-0.4, -0.2) is 20.5 Å². The minimum Gasteiger partial charge on any atom is -0.315 e. The Kier molecular flexibility index (Phi) is 5.52. The molecule has 0 aliphatic carbocycles. The lowest BCUT2D eigenvalue weighted by atomic mass is 10.1. The summed E-state index contributed by atoms with van der Waals surface area (Å²) in [6, 6.07) is 0.540. The van der Waals surface area contributed by atoms with Gasteiger partial charge in [0.2, 0.25) is 0 Å². The number of benzene rings is 1. The number of fused-ring (bicyclic) bond motifs is 1. The number of amides is 1. The quantitative estimate of drug-likeness (QED) is 0.376. The first-order chi connectivity index (χ1) is 14.6. The van der Waals surface area contributed by atoms with Gasteiger partial charge in [0.15, 0.2) is 34.6 Å². The van der Waals surface area contributed by atoms with E-state index < -0.39 is 74.8 Å². The third-order valence-corrected chi connectivity index (χ3v) is 4.30. The van der Waals surface area contributed by atoms with E-state index in [0.717, 1.165) is 6.92 Å². The maximum absolute atomic E-state index is 14.0. The number of nitrogens with zero attached hydrogens (tertiary/aromatic N) is 3. The van der Waals surface area contributed by atoms with Crippen LogP contribution in [0.2, 0.25) is 5.02 Å². The predicted molar refractivity (Wildman–Crippen MR) is 87.0 cm³/mol. The van der Waals surface area contributed by atoms with Gasteiger partial charge in [-0.3, -0.25) is 4.79 Å². The van der Waals surface area contributed by atoms with Crippen molar-refractivity contribution in [3.63, 3.8) is 0 Å². The molecule has 0 aliphatic heterocycles. The Morgan fingerprint density at radius 3 is 1.97 bits per heavy atom. The van der Waals surface area contributed by atoms with Crippen LogP contribution in [-0.2, 0) is 12.4 Å². The minimum atomic E-state index is -5.82. The Bertz CT molecular complexity index is 1240. The molecule has 0 fully saturated rings. The van der Waals surface area contributed by atoms with Crippen molar-refractivity contribution in [1.29, 1.82) is 0 Å². The van der Waals surface area contributed by atoms with Crippen LogP contribution < -0.4 is 5.32 Å². The van der Waals surface area contributed by atoms with Gasteiger partial charge in [-0.2, -0.15) is 31.4 Å². The number of hydrogen-bond donors (Lipinski definition) is 1. The molecule has 1 N–H and O–H groups in total. The van der Waals surface area contributed by atoms with Gasteiger partial charge >= 0.3 is 12.4 Å². The maximum atomic E-state index is 14.0. The number of carbonyl (C=O) groups excluding carboxylic acids is 1. The van der Waals surface area contributed by atoms with Crippen LogP contribution in [0.3, 0.4) is 0 Å². The van der Waals surface area contributed by atoms with Gasteiger partial charge in [-0.15, -0.1) is 0 Å². The summed E-state index contributed by atoms with van der Waals surface area (Å²) in [5.74, 6) is -12.7. The Hall–Kier alpha value is -3.10. The highest BCUT2D eigenvalue weighted by Gasteiger charge is 2.43. The van der Waals surface area contributed by atoms with Crippen LogP contribution >= 0.6 is 11.6 Å². The van der Waals surface area contributed by atoms with Gasteiger partial charge in [-0.1, -0.05) is 11.6 Å². The van der Waals surface area contributed by atoms with Gasteiger partial charge in [-0.25, -0.2) is 27.1 Å². The number of aromatic nitrogens is 3. The lowest BCUT2D eigenvalue weighted by molar-refractivity contribution is -0.143. The fourth-order valence-electron chi connectivity index (χ4n) is 2.62. The molecule has 172 valence electrons. The summed E-state index contributed by atoms with van der Waals surface area (Å²) in [6.45, 7) is 1.15. The average molecular weight is 495 g/mol. The summed E-state index contributed by atoms with van der Waals surface area (Å²) in [5.41, 5.74) is -8.32. The van der Waals surface area contributed by atoms with Crippen LogP contribution in [0.25, 0.3) is 5.65 Å². The zero-order valence-electron chi connectivity index (χ0n) is 15.0. The summed E-state index contributed by atoms with van der Waals surface area (Å²) >= 11 is 5.78. The number of carbonyl (C=O) groups is 1. The largest absolute Gasteiger partial charge is 0.433 e. The smallest absolute Gasteiger partial charge is 0.315 e. The number of rotatable bonds is 2. The fourth-order valence-corrected chi connectivity index (χ4v) is 2.87. The molecule has 0 unspecified atom stereocenters. The van der Waals surface area contributed by atoms with E-state index in [1.165, 1.54) is 5.32 Å². The Morgan fingerprint density at radius 2 is 1.50 bits per heavy atom. The van der Waals surface area contributed by atoms with Crippen LogP contribution in [0.4, 0.5) is 49.6 Å². The molecular weight excluding hydrogens is 490 g/mol. The van der Waals surface area contributed by atoms with Crippen molar-refractivity contribution in [2.75, 3.05) is 5.32 Å². The minimum absolute atomic E-state index is 0.0882. The Morgan fingerprint density at radius 1 is 0.969 bits per heavy atom. The second kappa shape index (κ2) is 7.50. The normalized spacial score (nSPS) is 12.5. The van der Waals surface area contributed by atoms with Gasteiger partial charge < -0.3 is 5.32 Å². The van der Waals surface area contributed by atoms with Crippen molar-refractivity contribution < 1.29 is 48.7 Å². The molecule has 0 saturated heterocycles. The lowest BCUT2D eigenvalue weighted by Crippen LogP contribution is -2.21. The van der Waals surface area contributed by atoms with E-state index in [0.29, 0.717) is 6.07 Å². The van der Waals surface area contributed by atoms with Crippen molar-refractivity contribution in [3.8, 4) is 0 Å². The molecule has 2 aromatic heterocycles. The van der Waals surface area contributed by atoms with E-state index >= 15 is 0 Å². The second-order valence-electron chi connectivity index (χ2n) is 6.14. The standard InChI is InChI=1S/C16H5ClF10N4O/c1-3-2-4(15(22,23)24)31-13(28-3)6(17)11(30-31)14(32)29-12-9(20)7(18)5(16(25,26)27)8(19)10(12)21/h2H,1H3,(H,29,32). The van der Waals surface area contributed by atoms with Crippen molar-refractivity contribution in [2.24, 2.45) is 0 Å². The number of nitrogens with one attached hydrogen (secondary N) is 1. The monoisotopic (exact) mass is 494 g/mol. The van der Waals surface area contributed by atoms with Gasteiger partial charge in [0, 0.05) is 5.69 Å². The van der Waals surface area contributed by atoms with Crippen LogP contribution in [0.5, 0.6) is 0 Å². The summed E-state index contributed by atoms with van der Waals surface area (Å²) in [6.07, 6.45) is -10.8. The number of hydrogen-bond acceptors (Lipinski definition) is 3. The van der Waals surface area contributed by atoms with Gasteiger partial charge in [0.25, 0.3) is 5.91 Å². The highest BCUT2D eigenvalue weighted by atomic mass is 35.5. The molecule has 3 rings (SSSR count). The molecule has 32 heavy (non-hydrogen) atoms. The molecule has 1 amide bonds. The summed E-state index contributed by atoms with van der Waals surface area (Å²) < 4.78 is 133. The van der Waals surface area contributed by atoms with E-state index in [-0.39, 0.29) is 10.2 Å². The van der Waals surface area contributed by atoms with Gasteiger partial charge in [-0.05, 0) is 13.0 Å². The van der Waals surface area contributed by atoms with Crippen LogP contribution in [0.15, 0.2) is 6.07 Å². The van der Waals surface area contributed by atoms with Gasteiger partial charge in [0.05, 0.1) is 0 Å². The van der Waals surface area contributed by atoms with Crippen molar-refractivity contribution in [1.82, 2.24) is 14.6 Å². The zero-order valence-corrected chi connectivity index (χ0v) is 15.7. The van der Waals surface area contributed by atoms with Crippen LogP contribution in [0.1, 0.15) is 27.4 Å². The van der Waals surface area contributed by atoms with E-state index in [1.807, 2.05) is 0 Å². The third-order valence-electron chi connectivity index (χ3n) is 3.95. The molecule has 0 aliphatic rings. The molecule has 0 spiro atoms. The summed E-state index contributed by atoms with van der Waals surface area (Å²) in [7, 11) is 0. The molecule has 16 heteroatoms. The average Bonchev–Trinajstić information content (AvgIpc) is 2.98. The van der Waals surface area contributed by atoms with Crippen molar-refractivity contribution >= 4 is 28.8 Å². The van der Waals surface area contributed by atoms with Crippen molar-refractivity contribution in [2.45, 2.75) is 19.3 Å². The number of anilines is 1. The fraction of sp³-hybridized carbons (Fsp3) is 0.188. The molecule has 0 radical (unpaired) electrons. The molecular formula is C16H5ClF10N4O. The molecule has 1 aromatic carbocycles. The molecule has 3 aromatic rings. The number of aryl methyl sites for hydroxylation is 1. The SMILES string of the molecule is Cc1cc(C(F)(F)F)n2nc(C(=O)Nc3c(F)c(F)c(C(F)(F)F)c(F)c3F)c(Cl)c2n1. The summed E-state index contributed by atoms with van der Waals surface area (Å²) in [5, 5.41) is 3.64. The predicted octanol–water partition coefficient (Wildman–Crippen LogP) is 5.54. The van der Waals surface area contributed by atoms with Gasteiger partial charge in [0.1, 0.15) is 22.0 Å². The lowest BCUT2D eigenvalue weighted by Gasteiger charge is -2.14. The summed E-state index contributed by atoms with van der Waals surface area (Å²) in [4.78, 5) is 15.9. The highest BCUT2D eigenvalue weighted by Crippen LogP contribution is 2.39. The van der Waals surface area contributed by atoms with E-state index in [1.54, 1.807) is 0 Å². The molecule has 0 saturated carbocycles. The Labute approximate surface area is 174 Å². The molecule has 0 bridgehead atoms. The van der Waals surface area contributed by atoms with E-state index in [9.17, 15) is 48.7 Å². The second-order valence-corrected chi connectivity index (χ2v) is 6.51. The number of alkyl halides is 6. The van der Waals surface area contributed by atoms with Crippen molar-refractivity contribution in [3.05, 3.63) is 57.0 Å². The number of halogens is 11. The van der Waals surface area contributed by atoms with E-state index in [2.05, 4.69) is 10.1 Å². The molecule has 2 heterocycles. The zero-order chi connectivity index (χ0) is 24.3. The topological polar surface area (TPSA) is 59.3 Å². The first kappa shape index (κ1) is 23.6. The Balaban J connectivity index is 2.14. The molecule has 5 nitrogen and oxygen atoms in total. The maximum Gasteiger partial charge on any atom is 0.433 e. The molecule has 0 atom stereocenters. The van der Waals surface area contributed by atoms with E-state index in [4.69, 9.17) is 11.6 Å². The first-order valence-electron chi connectivity index (χ1n) is 7.93. The third kappa shape index (κ3) is 3.80.